The van der Waals surface area contributed by atoms with E-state index in [1.54, 1.807) is 14.7 Å². The first-order valence-electron chi connectivity index (χ1n) is 15.9. The summed E-state index contributed by atoms with van der Waals surface area (Å²) in [6.45, 7) is 7.60. The summed E-state index contributed by atoms with van der Waals surface area (Å²) in [5, 5.41) is 9.24. The van der Waals surface area contributed by atoms with Crippen LogP contribution in [0, 0.1) is 25.7 Å². The lowest BCUT2D eigenvalue weighted by Crippen LogP contribution is -2.56. The van der Waals surface area contributed by atoms with Crippen LogP contribution in [0.1, 0.15) is 49.3 Å². The fourth-order valence-electron chi connectivity index (χ4n) is 7.73. The maximum Gasteiger partial charge on any atom is 0.253 e. The van der Waals surface area contributed by atoms with Crippen LogP contribution in [0.15, 0.2) is 72.8 Å². The molecule has 4 aliphatic heterocycles. The van der Waals surface area contributed by atoms with Crippen molar-refractivity contribution in [2.45, 2.75) is 70.2 Å². The number of anilines is 1. The monoisotopic (exact) mass is 597 g/mol. The van der Waals surface area contributed by atoms with Crippen LogP contribution in [0.5, 0.6) is 0 Å². The lowest BCUT2D eigenvalue weighted by Gasteiger charge is -2.37. The third-order valence-electron chi connectivity index (χ3n) is 9.82. The van der Waals surface area contributed by atoms with Gasteiger partial charge in [0.05, 0.1) is 17.4 Å². The maximum atomic E-state index is 14.8. The number of benzene rings is 2. The smallest absolute Gasteiger partial charge is 0.253 e. The molecule has 1 unspecified atom stereocenters. The predicted molar refractivity (Wildman–Crippen MR) is 169 cm³/mol. The van der Waals surface area contributed by atoms with Gasteiger partial charge in [0.25, 0.3) is 5.91 Å². The normalized spacial score (nSPS) is 29.5. The molecule has 0 bridgehead atoms. The Bertz CT molecular complexity index is 1490. The number of aliphatic hydroxyl groups excluding tert-OH is 1. The Morgan fingerprint density at radius 1 is 0.864 bits per heavy atom. The summed E-state index contributed by atoms with van der Waals surface area (Å²) in [6, 6.07) is 15.0. The zero-order valence-electron chi connectivity index (χ0n) is 25.9. The van der Waals surface area contributed by atoms with Gasteiger partial charge in [-0.1, -0.05) is 79.6 Å². The molecular formula is C36H43N3O5. The van der Waals surface area contributed by atoms with Crippen LogP contribution in [0.4, 0.5) is 5.69 Å². The number of carbonyl (C=O) groups is 3. The summed E-state index contributed by atoms with van der Waals surface area (Å²) in [5.74, 6) is -2.12. The predicted octanol–water partition coefficient (Wildman–Crippen LogP) is 4.33. The average Bonchev–Trinajstić information content (AvgIpc) is 3.27. The van der Waals surface area contributed by atoms with E-state index in [2.05, 4.69) is 0 Å². The Morgan fingerprint density at radius 3 is 2.39 bits per heavy atom. The van der Waals surface area contributed by atoms with Crippen molar-refractivity contribution in [2.24, 2.45) is 11.8 Å². The van der Waals surface area contributed by atoms with E-state index < -0.39 is 29.1 Å². The lowest BCUT2D eigenvalue weighted by molar-refractivity contribution is -0.148. The van der Waals surface area contributed by atoms with Crippen molar-refractivity contribution < 1.29 is 24.2 Å². The van der Waals surface area contributed by atoms with Crippen LogP contribution in [-0.2, 0) is 25.7 Å². The quantitative estimate of drug-likeness (QED) is 0.344. The van der Waals surface area contributed by atoms with E-state index in [1.807, 2.05) is 93.6 Å². The van der Waals surface area contributed by atoms with Gasteiger partial charge in [0.1, 0.15) is 11.6 Å². The zero-order chi connectivity index (χ0) is 31.1. The molecule has 8 heteroatoms. The number of aryl methyl sites for hydroxylation is 2. The summed E-state index contributed by atoms with van der Waals surface area (Å²) in [6.07, 6.45) is 10.8. The molecule has 0 aromatic heterocycles. The molecule has 1 N–H and O–H groups in total. The zero-order valence-corrected chi connectivity index (χ0v) is 25.9. The topological polar surface area (TPSA) is 90.4 Å². The summed E-state index contributed by atoms with van der Waals surface area (Å²) >= 11 is 0. The van der Waals surface area contributed by atoms with Crippen LogP contribution in [0.2, 0.25) is 0 Å². The molecule has 0 radical (unpaired) electrons. The third kappa shape index (κ3) is 5.08. The first kappa shape index (κ1) is 30.3. The molecule has 44 heavy (non-hydrogen) atoms. The fourth-order valence-corrected chi connectivity index (χ4v) is 7.73. The number of ether oxygens (including phenoxy) is 1. The van der Waals surface area contributed by atoms with E-state index in [1.165, 1.54) is 0 Å². The van der Waals surface area contributed by atoms with Gasteiger partial charge >= 0.3 is 0 Å². The average molecular weight is 598 g/mol. The number of nitrogens with zero attached hydrogens (tertiary/aromatic N) is 3. The van der Waals surface area contributed by atoms with Crippen LogP contribution < -0.4 is 4.90 Å². The molecule has 0 saturated carbocycles. The number of rotatable bonds is 9. The SMILES string of the molecule is Cc1ccc(C)c(N2CC=C[C@]34O[C@]5(C)C=CCN(Cc6ccccc6)C(=O)[C@@H]5[C@H]3C(=O)N(CCCCCCO)C4C2=O)c1. The highest BCUT2D eigenvalue weighted by molar-refractivity contribution is 6.06. The Kier molecular flexibility index (Phi) is 8.24. The molecule has 3 amide bonds. The Labute approximate surface area is 260 Å². The van der Waals surface area contributed by atoms with Gasteiger partial charge in [0.15, 0.2) is 0 Å². The van der Waals surface area contributed by atoms with Gasteiger partial charge < -0.3 is 24.5 Å². The van der Waals surface area contributed by atoms with Crippen molar-refractivity contribution in [1.82, 2.24) is 9.80 Å². The second kappa shape index (κ2) is 12.0. The van der Waals surface area contributed by atoms with Crippen LogP contribution >= 0.6 is 0 Å². The van der Waals surface area contributed by atoms with Crippen molar-refractivity contribution in [3.63, 3.8) is 0 Å². The van der Waals surface area contributed by atoms with Crippen molar-refractivity contribution in [3.05, 3.63) is 89.5 Å². The highest BCUT2D eigenvalue weighted by atomic mass is 16.5. The number of fused-ring (bicyclic) bond motifs is 2. The van der Waals surface area contributed by atoms with E-state index in [0.29, 0.717) is 39.0 Å². The third-order valence-corrected chi connectivity index (χ3v) is 9.82. The number of aliphatic hydroxyl groups is 1. The molecule has 4 heterocycles. The molecule has 2 saturated heterocycles. The van der Waals surface area contributed by atoms with Crippen molar-refractivity contribution in [1.29, 1.82) is 0 Å². The van der Waals surface area contributed by atoms with Gasteiger partial charge in [0, 0.05) is 38.5 Å². The lowest BCUT2D eigenvalue weighted by atomic mass is 9.74. The Morgan fingerprint density at radius 2 is 1.61 bits per heavy atom. The van der Waals surface area contributed by atoms with Gasteiger partial charge in [-0.25, -0.2) is 0 Å². The number of unbranched alkanes of at least 4 members (excludes halogenated alkanes) is 3. The maximum absolute atomic E-state index is 14.8. The molecule has 2 aromatic rings. The van der Waals surface area contributed by atoms with E-state index in [9.17, 15) is 19.5 Å². The second-order valence-corrected chi connectivity index (χ2v) is 12.9. The van der Waals surface area contributed by atoms with Crippen LogP contribution in [-0.4, -0.2) is 76.1 Å². The molecule has 232 valence electrons. The standard InChI is InChI=1S/C36H43N3O5/c1-25-15-16-26(2)28(23-25)38-21-12-18-36-30(33(42)39(31(36)34(38)43)20-9-4-5-10-22-40)29-32(41)37(19-11-17-35(29,3)44-36)24-27-13-7-6-8-14-27/h6-8,11-18,23,29-31,40H,4-5,9-10,19-22,24H2,1-3H3/t29-,30-,31?,35+,36-/m0/s1. The number of carbonyl (C=O) groups excluding carboxylic acids is 3. The molecule has 1 spiro atoms. The van der Waals surface area contributed by atoms with Crippen molar-refractivity contribution in [2.75, 3.05) is 31.1 Å². The van der Waals surface area contributed by atoms with E-state index >= 15 is 0 Å². The fraction of sp³-hybridized carbons (Fsp3) is 0.472. The second-order valence-electron chi connectivity index (χ2n) is 12.9. The molecule has 2 aromatic carbocycles. The van der Waals surface area contributed by atoms with E-state index in [4.69, 9.17) is 4.74 Å². The number of likely N-dealkylation sites (tertiary alicyclic amines) is 1. The summed E-state index contributed by atoms with van der Waals surface area (Å²) in [5.41, 5.74) is 1.53. The van der Waals surface area contributed by atoms with E-state index in [-0.39, 0.29) is 24.3 Å². The van der Waals surface area contributed by atoms with Crippen LogP contribution in [0.25, 0.3) is 0 Å². The summed E-state index contributed by atoms with van der Waals surface area (Å²) in [4.78, 5) is 49.1. The minimum atomic E-state index is -1.28. The van der Waals surface area contributed by atoms with Crippen molar-refractivity contribution in [3.8, 4) is 0 Å². The molecule has 8 nitrogen and oxygen atoms in total. The van der Waals surface area contributed by atoms with Gasteiger partial charge in [-0.15, -0.1) is 0 Å². The highest BCUT2D eigenvalue weighted by Crippen LogP contribution is 2.57. The van der Waals surface area contributed by atoms with Gasteiger partial charge in [0.2, 0.25) is 11.8 Å². The number of hydrogen-bond acceptors (Lipinski definition) is 5. The minimum absolute atomic E-state index is 0.128. The summed E-state index contributed by atoms with van der Waals surface area (Å²) in [7, 11) is 0. The largest absolute Gasteiger partial charge is 0.396 e. The minimum Gasteiger partial charge on any atom is -0.396 e. The Balaban J connectivity index is 1.40. The molecule has 0 aliphatic carbocycles. The van der Waals surface area contributed by atoms with Gasteiger partial charge in [-0.05, 0) is 56.4 Å². The molecule has 4 aliphatic rings. The first-order valence-corrected chi connectivity index (χ1v) is 15.9. The first-order chi connectivity index (χ1) is 21.2. The highest BCUT2D eigenvalue weighted by Gasteiger charge is 2.74. The molecule has 6 rings (SSSR count). The number of amides is 3. The van der Waals surface area contributed by atoms with Crippen LogP contribution in [0.3, 0.4) is 0 Å². The Hall–Kier alpha value is -3.75. The number of hydrogen-bond donors (Lipinski definition) is 1. The molecule has 5 atom stereocenters. The van der Waals surface area contributed by atoms with Gasteiger partial charge in [-0.3, -0.25) is 14.4 Å². The van der Waals surface area contributed by atoms with Crippen molar-refractivity contribution >= 4 is 23.4 Å². The van der Waals surface area contributed by atoms with E-state index in [0.717, 1.165) is 35.2 Å². The molecule has 2 fully saturated rings. The van der Waals surface area contributed by atoms with Gasteiger partial charge in [-0.2, -0.15) is 0 Å². The molecular weight excluding hydrogens is 554 g/mol. The summed E-state index contributed by atoms with van der Waals surface area (Å²) < 4.78 is 6.99.